The van der Waals surface area contributed by atoms with Gasteiger partial charge in [-0.15, -0.1) is 0 Å². The summed E-state index contributed by atoms with van der Waals surface area (Å²) in [5, 5.41) is 49.8. The van der Waals surface area contributed by atoms with Gasteiger partial charge in [-0.3, -0.25) is 16.1 Å². The Labute approximate surface area is 371 Å². The predicted octanol–water partition coefficient (Wildman–Crippen LogP) is 0.515. The van der Waals surface area contributed by atoms with Crippen LogP contribution in [0.15, 0.2) is 24.3 Å². The number of rotatable bonds is 29. The lowest BCUT2D eigenvalue weighted by Gasteiger charge is -2.40. The molecule has 64 heavy (non-hydrogen) atoms. The zero-order chi connectivity index (χ0) is 47.0. The number of benzene rings is 2. The first kappa shape index (κ1) is 54.0. The highest BCUT2D eigenvalue weighted by molar-refractivity contribution is 7.80. The van der Waals surface area contributed by atoms with Crippen molar-refractivity contribution in [3.05, 3.63) is 53.1 Å². The third-order valence-electron chi connectivity index (χ3n) is 9.23. The average molecular weight is 941 g/mol. The highest BCUT2D eigenvalue weighted by Gasteiger charge is 2.45. The number of hydrogen-bond donors (Lipinski definition) is 10. The normalized spacial score (nSPS) is 18.9. The van der Waals surface area contributed by atoms with Crippen molar-refractivity contribution < 1.29 is 85.5 Å². The number of nitrogens with one attached hydrogen (secondary N) is 5. The minimum atomic E-state index is -1.85. The number of ether oxygens (including phenoxy) is 7. The summed E-state index contributed by atoms with van der Waals surface area (Å²) in [5.74, 6) is -4.97. The number of carbonyl (C=O) groups is 3. The van der Waals surface area contributed by atoms with Crippen LogP contribution in [0.4, 0.5) is 28.0 Å². The van der Waals surface area contributed by atoms with E-state index in [1.807, 2.05) is 5.32 Å². The molecule has 20 nitrogen and oxygen atoms in total. The van der Waals surface area contributed by atoms with Crippen LogP contribution >= 0.6 is 12.2 Å². The SMILES string of the molecule is Cc1c(F)c(F)c(F)c(OC(=S)CCOCCOCCOCCOCCNCC(CCCCNC(=O)Nc2ccc(O[C@H]3O[C@H](CNC(=O)C(=O)O)[C@@H](O)[C@H](O)[C@@H]3O)cc2)NN)c1F. The number of thiocarbonyl (C=S) groups is 1. The van der Waals surface area contributed by atoms with E-state index in [0.29, 0.717) is 64.8 Å². The van der Waals surface area contributed by atoms with Crippen molar-refractivity contribution in [1.82, 2.24) is 21.4 Å². The number of aliphatic carboxylic acids is 1. The number of hydrogen-bond acceptors (Lipinski definition) is 17. The van der Waals surface area contributed by atoms with Gasteiger partial charge < -0.3 is 74.9 Å². The molecule has 0 bridgehead atoms. The first-order chi connectivity index (χ1) is 30.6. The van der Waals surface area contributed by atoms with Crippen molar-refractivity contribution in [2.75, 3.05) is 84.4 Å². The molecule has 3 amide bonds. The summed E-state index contributed by atoms with van der Waals surface area (Å²) >= 11 is 4.90. The molecule has 0 aliphatic carbocycles. The van der Waals surface area contributed by atoms with Crippen molar-refractivity contribution in [3.8, 4) is 11.5 Å². The second kappa shape index (κ2) is 29.2. The molecule has 1 unspecified atom stereocenters. The number of urea groups is 1. The Kier molecular flexibility index (Phi) is 24.6. The molecule has 25 heteroatoms. The van der Waals surface area contributed by atoms with Crippen LogP contribution in [0.1, 0.15) is 31.2 Å². The first-order valence-electron chi connectivity index (χ1n) is 20.2. The van der Waals surface area contributed by atoms with Crippen LogP contribution in [-0.2, 0) is 33.3 Å². The van der Waals surface area contributed by atoms with Gasteiger partial charge in [-0.1, -0.05) is 6.42 Å². The van der Waals surface area contributed by atoms with E-state index >= 15 is 0 Å². The Hall–Kier alpha value is -4.38. The Morgan fingerprint density at radius 2 is 1.42 bits per heavy atom. The summed E-state index contributed by atoms with van der Waals surface area (Å²) in [6.07, 6.45) is -5.56. The second-order valence-electron chi connectivity index (χ2n) is 14.0. The summed E-state index contributed by atoms with van der Waals surface area (Å²) in [6, 6.07) is 5.53. The molecular weight excluding hydrogens is 885 g/mol. The lowest BCUT2D eigenvalue weighted by atomic mass is 9.99. The summed E-state index contributed by atoms with van der Waals surface area (Å²) in [6.45, 7) is 4.41. The standard InChI is InChI=1S/C39H56F4N6O14S/c1-22-28(40)30(42)31(43)35(29(22)41)63-27(64)9-12-57-14-16-59-18-19-60-17-15-58-13-11-45-20-24(49-44)4-2-3-10-46-39(56)48-23-5-7-25(8-6-23)61-38-34(52)33(51)32(50)26(62-38)21-47-36(53)37(54)55/h5-8,24,26,32-34,38,45,49-52H,2-4,9-21,44H2,1H3,(H,47,53)(H,54,55)(H2,46,48,56)/t24?,26-,32-,33+,34+,38+/m1/s1. The molecule has 3 rings (SSSR count). The summed E-state index contributed by atoms with van der Waals surface area (Å²) < 4.78 is 92.6. The summed E-state index contributed by atoms with van der Waals surface area (Å²) in [4.78, 5) is 34.5. The van der Waals surface area contributed by atoms with E-state index in [4.69, 9.17) is 56.3 Å². The number of unbranched alkanes of at least 4 members (excludes halogenated alkanes) is 1. The van der Waals surface area contributed by atoms with Crippen LogP contribution in [0.5, 0.6) is 11.5 Å². The van der Waals surface area contributed by atoms with E-state index in [9.17, 15) is 47.3 Å². The first-order valence-corrected chi connectivity index (χ1v) is 20.6. The fourth-order valence-corrected chi connectivity index (χ4v) is 5.82. The van der Waals surface area contributed by atoms with Gasteiger partial charge >= 0.3 is 17.9 Å². The second-order valence-corrected chi connectivity index (χ2v) is 14.5. The molecule has 1 aliphatic heterocycles. The number of amides is 3. The van der Waals surface area contributed by atoms with E-state index < -0.39 is 89.7 Å². The smallest absolute Gasteiger partial charge is 0.394 e. The molecule has 1 saturated heterocycles. The number of hydrazine groups is 1. The predicted molar refractivity (Wildman–Crippen MR) is 221 cm³/mol. The average Bonchev–Trinajstić information content (AvgIpc) is 3.28. The molecule has 2 aromatic carbocycles. The maximum absolute atomic E-state index is 14.1. The molecule has 0 radical (unpaired) electrons. The highest BCUT2D eigenvalue weighted by Crippen LogP contribution is 2.30. The maximum Gasteiger partial charge on any atom is 0.394 e. The molecule has 11 N–H and O–H groups in total. The van der Waals surface area contributed by atoms with Crippen LogP contribution < -0.4 is 42.0 Å². The zero-order valence-electron chi connectivity index (χ0n) is 35.0. The van der Waals surface area contributed by atoms with Crippen LogP contribution in [0, 0.1) is 30.2 Å². The van der Waals surface area contributed by atoms with Crippen LogP contribution in [0.2, 0.25) is 0 Å². The Bertz CT molecular complexity index is 1750. The van der Waals surface area contributed by atoms with E-state index in [-0.39, 0.29) is 43.1 Å². The van der Waals surface area contributed by atoms with E-state index in [0.717, 1.165) is 19.8 Å². The van der Waals surface area contributed by atoms with Gasteiger partial charge in [-0.2, -0.15) is 4.39 Å². The molecular formula is C39H56F4N6O14S. The number of halogens is 4. The van der Waals surface area contributed by atoms with Gasteiger partial charge in [0, 0.05) is 49.9 Å². The lowest BCUT2D eigenvalue weighted by Crippen LogP contribution is -2.61. The molecule has 1 aliphatic rings. The molecule has 1 heterocycles. The zero-order valence-corrected chi connectivity index (χ0v) is 35.8. The van der Waals surface area contributed by atoms with Gasteiger partial charge in [0.05, 0.1) is 52.9 Å². The number of carbonyl (C=O) groups excluding carboxylic acids is 2. The third-order valence-corrected chi connectivity index (χ3v) is 9.52. The number of aliphatic hydroxyl groups excluding tert-OH is 3. The Morgan fingerprint density at radius 3 is 2.05 bits per heavy atom. The number of aliphatic hydroxyl groups is 3. The summed E-state index contributed by atoms with van der Waals surface area (Å²) in [7, 11) is 0. The fraction of sp³-hybridized carbons (Fsp3) is 0.590. The van der Waals surface area contributed by atoms with Crippen LogP contribution in [-0.4, -0.2) is 159 Å². The van der Waals surface area contributed by atoms with Crippen molar-refractivity contribution in [3.63, 3.8) is 0 Å². The molecule has 1 fully saturated rings. The van der Waals surface area contributed by atoms with Crippen LogP contribution in [0.3, 0.4) is 0 Å². The quantitative estimate of drug-likeness (QED) is 0.00778. The van der Waals surface area contributed by atoms with Gasteiger partial charge in [-0.25, -0.2) is 22.8 Å². The highest BCUT2D eigenvalue weighted by atomic mass is 32.1. The molecule has 0 aromatic heterocycles. The Morgan fingerprint density at radius 1 is 0.797 bits per heavy atom. The largest absolute Gasteiger partial charge is 0.474 e. The Balaban J connectivity index is 1.13. The fourth-order valence-electron chi connectivity index (χ4n) is 5.66. The van der Waals surface area contributed by atoms with Gasteiger partial charge in [0.1, 0.15) is 30.2 Å². The van der Waals surface area contributed by atoms with Crippen molar-refractivity contribution in [2.24, 2.45) is 5.84 Å². The molecule has 2 aromatic rings. The minimum Gasteiger partial charge on any atom is -0.474 e. The number of nitrogens with two attached hydrogens (primary N) is 1. The number of carboxylic acids is 1. The number of carboxylic acid groups (broad SMARTS) is 1. The van der Waals surface area contributed by atoms with E-state index in [1.54, 1.807) is 0 Å². The minimum absolute atomic E-state index is 0.00636. The van der Waals surface area contributed by atoms with Gasteiger partial charge in [0.25, 0.3) is 0 Å². The van der Waals surface area contributed by atoms with Gasteiger partial charge in [0.15, 0.2) is 22.5 Å². The maximum atomic E-state index is 14.1. The van der Waals surface area contributed by atoms with Crippen molar-refractivity contribution in [2.45, 2.75) is 69.4 Å². The van der Waals surface area contributed by atoms with Gasteiger partial charge in [-0.05, 0) is 56.2 Å². The third kappa shape index (κ3) is 18.6. The van der Waals surface area contributed by atoms with E-state index in [2.05, 4.69) is 21.4 Å². The number of anilines is 1. The van der Waals surface area contributed by atoms with Gasteiger partial charge in [0.2, 0.25) is 17.9 Å². The monoisotopic (exact) mass is 940 g/mol. The molecule has 0 spiro atoms. The summed E-state index contributed by atoms with van der Waals surface area (Å²) in [5.41, 5.74) is 2.47. The molecule has 0 saturated carbocycles. The molecule has 6 atom stereocenters. The lowest BCUT2D eigenvalue weighted by molar-refractivity contribution is -0.270. The van der Waals surface area contributed by atoms with E-state index in [1.165, 1.54) is 24.3 Å². The van der Waals surface area contributed by atoms with Crippen molar-refractivity contribution >= 4 is 40.9 Å². The van der Waals surface area contributed by atoms with Crippen molar-refractivity contribution in [1.29, 1.82) is 0 Å². The molecule has 360 valence electrons. The topological polar surface area (TPSA) is 283 Å². The van der Waals surface area contributed by atoms with Crippen LogP contribution in [0.25, 0.3) is 0 Å².